The van der Waals surface area contributed by atoms with Crippen molar-refractivity contribution in [3.05, 3.63) is 30.3 Å². The molecule has 0 heterocycles. The van der Waals surface area contributed by atoms with Crippen molar-refractivity contribution in [1.29, 1.82) is 0 Å². The zero-order chi connectivity index (χ0) is 14.1. The second-order valence-corrected chi connectivity index (χ2v) is 5.31. The van der Waals surface area contributed by atoms with Crippen LogP contribution in [0, 0.1) is 0 Å². The summed E-state index contributed by atoms with van der Waals surface area (Å²) in [5.74, 6) is 0.585. The largest absolute Gasteiger partial charge is 0.490 e. The van der Waals surface area contributed by atoms with Crippen LogP contribution in [0.5, 0.6) is 5.75 Å². The molecule has 4 heteroatoms. The minimum atomic E-state index is -0.201. The zero-order valence-electron chi connectivity index (χ0n) is 11.9. The Morgan fingerprint density at radius 3 is 2.47 bits per heavy atom. The van der Waals surface area contributed by atoms with Gasteiger partial charge in [0.2, 0.25) is 0 Å². The summed E-state index contributed by atoms with van der Waals surface area (Å²) in [5, 5.41) is 3.24. The number of para-hydroxylation sites is 1. The third-order valence-corrected chi connectivity index (χ3v) is 2.34. The lowest BCUT2D eigenvalue weighted by Crippen LogP contribution is -2.37. The van der Waals surface area contributed by atoms with E-state index in [1.807, 2.05) is 30.3 Å². The fourth-order valence-corrected chi connectivity index (χ4v) is 1.44. The van der Waals surface area contributed by atoms with Gasteiger partial charge in [-0.3, -0.25) is 4.79 Å². The molecule has 0 radical (unpaired) electrons. The molecule has 0 bridgehead atoms. The Morgan fingerprint density at radius 2 is 1.84 bits per heavy atom. The van der Waals surface area contributed by atoms with E-state index < -0.39 is 0 Å². The number of benzene rings is 1. The van der Waals surface area contributed by atoms with Crippen molar-refractivity contribution >= 4 is 5.97 Å². The summed E-state index contributed by atoms with van der Waals surface area (Å²) in [7, 11) is 0. The number of carbonyl (C=O) groups is 1. The molecule has 0 aliphatic carbocycles. The summed E-state index contributed by atoms with van der Waals surface area (Å²) in [6.45, 7) is 7.47. The Balaban J connectivity index is 2.05. The van der Waals surface area contributed by atoms with E-state index in [9.17, 15) is 4.79 Å². The van der Waals surface area contributed by atoms with E-state index in [0.29, 0.717) is 19.6 Å². The van der Waals surface area contributed by atoms with E-state index in [1.54, 1.807) is 0 Å². The van der Waals surface area contributed by atoms with Crippen molar-refractivity contribution in [3.8, 4) is 5.75 Å². The van der Waals surface area contributed by atoms with Crippen LogP contribution in [-0.4, -0.2) is 31.3 Å². The predicted molar refractivity (Wildman–Crippen MR) is 75.3 cm³/mol. The summed E-state index contributed by atoms with van der Waals surface area (Å²) in [6, 6.07) is 9.47. The van der Waals surface area contributed by atoms with Gasteiger partial charge in [0.05, 0.1) is 6.42 Å². The minimum absolute atomic E-state index is 0.0245. The molecule has 1 aromatic rings. The van der Waals surface area contributed by atoms with E-state index in [4.69, 9.17) is 9.47 Å². The summed E-state index contributed by atoms with van der Waals surface area (Å²) in [6.07, 6.45) is 0.378. The maximum atomic E-state index is 11.4. The number of nitrogens with one attached hydrogen (secondary N) is 1. The van der Waals surface area contributed by atoms with Crippen molar-refractivity contribution < 1.29 is 14.3 Å². The second kappa shape index (κ2) is 7.79. The number of hydrogen-bond acceptors (Lipinski definition) is 4. The SMILES string of the molecule is CC(C)(C)NCCC(=O)OCCOc1ccccc1. The number of ether oxygens (including phenoxy) is 2. The first-order valence-corrected chi connectivity index (χ1v) is 6.56. The minimum Gasteiger partial charge on any atom is -0.490 e. The Kier molecular flexibility index (Phi) is 6.36. The van der Waals surface area contributed by atoms with E-state index in [2.05, 4.69) is 26.1 Å². The van der Waals surface area contributed by atoms with Gasteiger partial charge in [-0.2, -0.15) is 0 Å². The molecule has 0 saturated heterocycles. The molecule has 4 nitrogen and oxygen atoms in total. The van der Waals surface area contributed by atoms with Gasteiger partial charge < -0.3 is 14.8 Å². The monoisotopic (exact) mass is 265 g/mol. The van der Waals surface area contributed by atoms with Gasteiger partial charge in [-0.15, -0.1) is 0 Å². The fourth-order valence-electron chi connectivity index (χ4n) is 1.44. The van der Waals surface area contributed by atoms with Crippen molar-refractivity contribution in [2.24, 2.45) is 0 Å². The third-order valence-electron chi connectivity index (χ3n) is 2.34. The van der Waals surface area contributed by atoms with Crippen LogP contribution in [0.2, 0.25) is 0 Å². The second-order valence-electron chi connectivity index (χ2n) is 5.31. The first-order valence-electron chi connectivity index (χ1n) is 6.56. The quantitative estimate of drug-likeness (QED) is 0.607. The zero-order valence-corrected chi connectivity index (χ0v) is 11.9. The van der Waals surface area contributed by atoms with Crippen LogP contribution >= 0.6 is 0 Å². The third kappa shape index (κ3) is 8.21. The van der Waals surface area contributed by atoms with Gasteiger partial charge in [0.1, 0.15) is 19.0 Å². The molecule has 0 spiro atoms. The van der Waals surface area contributed by atoms with Crippen molar-refractivity contribution in [3.63, 3.8) is 0 Å². The van der Waals surface area contributed by atoms with Gasteiger partial charge >= 0.3 is 5.97 Å². The van der Waals surface area contributed by atoms with Crippen LogP contribution in [0.15, 0.2) is 30.3 Å². The van der Waals surface area contributed by atoms with E-state index in [-0.39, 0.29) is 18.1 Å². The Bertz CT molecular complexity index is 371. The van der Waals surface area contributed by atoms with Gasteiger partial charge in [0, 0.05) is 12.1 Å². The number of esters is 1. The molecular formula is C15H23NO3. The van der Waals surface area contributed by atoms with Crippen LogP contribution in [0.3, 0.4) is 0 Å². The molecule has 19 heavy (non-hydrogen) atoms. The van der Waals surface area contributed by atoms with E-state index in [1.165, 1.54) is 0 Å². The first kappa shape index (κ1) is 15.5. The molecule has 1 aromatic carbocycles. The average molecular weight is 265 g/mol. The standard InChI is InChI=1S/C15H23NO3/c1-15(2,3)16-10-9-14(17)19-12-11-18-13-7-5-4-6-8-13/h4-8,16H,9-12H2,1-3H3. The van der Waals surface area contributed by atoms with Crippen LogP contribution in [0.4, 0.5) is 0 Å². The summed E-state index contributed by atoms with van der Waals surface area (Å²) < 4.78 is 10.5. The molecule has 106 valence electrons. The first-order chi connectivity index (χ1) is 8.97. The van der Waals surface area contributed by atoms with Gasteiger partial charge in [-0.05, 0) is 32.9 Å². The maximum Gasteiger partial charge on any atom is 0.307 e. The van der Waals surface area contributed by atoms with Crippen molar-refractivity contribution in [2.75, 3.05) is 19.8 Å². The molecule has 0 atom stereocenters. The van der Waals surface area contributed by atoms with Crippen LogP contribution in [0.25, 0.3) is 0 Å². The van der Waals surface area contributed by atoms with Crippen LogP contribution < -0.4 is 10.1 Å². The topological polar surface area (TPSA) is 47.6 Å². The average Bonchev–Trinajstić information content (AvgIpc) is 2.34. The van der Waals surface area contributed by atoms with Crippen LogP contribution in [-0.2, 0) is 9.53 Å². The molecule has 0 unspecified atom stereocenters. The lowest BCUT2D eigenvalue weighted by atomic mass is 10.1. The number of rotatable bonds is 7. The molecule has 0 fully saturated rings. The molecule has 1 rings (SSSR count). The van der Waals surface area contributed by atoms with Gasteiger partial charge in [0.15, 0.2) is 0 Å². The lowest BCUT2D eigenvalue weighted by Gasteiger charge is -2.19. The molecule has 0 amide bonds. The Hall–Kier alpha value is -1.55. The normalized spacial score (nSPS) is 11.1. The smallest absolute Gasteiger partial charge is 0.307 e. The summed E-state index contributed by atoms with van der Waals surface area (Å²) in [5.41, 5.74) is 0.0245. The van der Waals surface area contributed by atoms with Gasteiger partial charge in [0.25, 0.3) is 0 Å². The number of carbonyl (C=O) groups excluding carboxylic acids is 1. The predicted octanol–water partition coefficient (Wildman–Crippen LogP) is 2.39. The number of hydrogen-bond donors (Lipinski definition) is 1. The maximum absolute atomic E-state index is 11.4. The Morgan fingerprint density at radius 1 is 1.16 bits per heavy atom. The highest BCUT2D eigenvalue weighted by Gasteiger charge is 2.10. The lowest BCUT2D eigenvalue weighted by molar-refractivity contribution is -0.144. The van der Waals surface area contributed by atoms with E-state index >= 15 is 0 Å². The van der Waals surface area contributed by atoms with Crippen LogP contribution in [0.1, 0.15) is 27.2 Å². The highest BCUT2D eigenvalue weighted by molar-refractivity contribution is 5.69. The van der Waals surface area contributed by atoms with E-state index in [0.717, 1.165) is 5.75 Å². The summed E-state index contributed by atoms with van der Waals surface area (Å²) in [4.78, 5) is 11.4. The highest BCUT2D eigenvalue weighted by Crippen LogP contribution is 2.07. The summed E-state index contributed by atoms with van der Waals surface area (Å²) >= 11 is 0. The molecule has 0 aliphatic rings. The van der Waals surface area contributed by atoms with Gasteiger partial charge in [-0.25, -0.2) is 0 Å². The molecular weight excluding hydrogens is 242 g/mol. The highest BCUT2D eigenvalue weighted by atomic mass is 16.6. The molecule has 1 N–H and O–H groups in total. The van der Waals surface area contributed by atoms with Crippen molar-refractivity contribution in [2.45, 2.75) is 32.7 Å². The molecule has 0 aliphatic heterocycles. The van der Waals surface area contributed by atoms with Gasteiger partial charge in [-0.1, -0.05) is 18.2 Å². The van der Waals surface area contributed by atoms with Crippen molar-refractivity contribution in [1.82, 2.24) is 5.32 Å². The molecule has 0 aromatic heterocycles. The molecule has 0 saturated carbocycles. The Labute approximate surface area is 115 Å². The fraction of sp³-hybridized carbons (Fsp3) is 0.533.